The van der Waals surface area contributed by atoms with E-state index in [0.29, 0.717) is 29.1 Å². The smallest absolute Gasteiger partial charge is 0.410 e. The summed E-state index contributed by atoms with van der Waals surface area (Å²) in [6.45, 7) is 10.2. The maximum atomic E-state index is 12.9. The molecule has 1 unspecified atom stereocenters. The van der Waals surface area contributed by atoms with Crippen LogP contribution in [0.4, 0.5) is 26.3 Å². The molecule has 0 radical (unpaired) electrons. The Morgan fingerprint density at radius 3 is 2.00 bits per heavy atom. The summed E-state index contributed by atoms with van der Waals surface area (Å²) in [5.41, 5.74) is 2.49. The van der Waals surface area contributed by atoms with Gasteiger partial charge in [0.25, 0.3) is 0 Å². The number of halogens is 9. The molecule has 3 heterocycles. The Hall–Kier alpha value is -3.63. The van der Waals surface area contributed by atoms with Crippen LogP contribution in [-0.2, 0) is 30.7 Å². The summed E-state index contributed by atoms with van der Waals surface area (Å²) in [7, 11) is 2.93. The first-order valence-electron chi connectivity index (χ1n) is 14.1. The number of rotatable bonds is 4. The van der Waals surface area contributed by atoms with Gasteiger partial charge in [0, 0.05) is 35.0 Å². The molecule has 264 valence electrons. The minimum absolute atomic E-state index is 0.00463. The molecule has 0 bridgehead atoms. The van der Waals surface area contributed by atoms with Crippen LogP contribution in [-0.4, -0.2) is 41.8 Å². The third-order valence-electron chi connectivity index (χ3n) is 7.20. The predicted octanol–water partition coefficient (Wildman–Crippen LogP) is 9.99. The molecule has 49 heavy (non-hydrogen) atoms. The van der Waals surface area contributed by atoms with Gasteiger partial charge >= 0.3 is 12.4 Å². The molecule has 1 aliphatic heterocycles. The molecule has 0 spiro atoms. The van der Waals surface area contributed by atoms with E-state index in [-0.39, 0.29) is 10.9 Å². The first-order chi connectivity index (χ1) is 22.6. The summed E-state index contributed by atoms with van der Waals surface area (Å²) >= 11 is 12.4. The predicted molar refractivity (Wildman–Crippen MR) is 183 cm³/mol. The van der Waals surface area contributed by atoms with Gasteiger partial charge in [-0.05, 0) is 80.8 Å². The van der Waals surface area contributed by atoms with Gasteiger partial charge in [0.1, 0.15) is 0 Å². The van der Waals surface area contributed by atoms with Crippen molar-refractivity contribution in [2.75, 3.05) is 0 Å². The molecule has 2 aromatic carbocycles. The van der Waals surface area contributed by atoms with Crippen LogP contribution in [0.15, 0.2) is 74.4 Å². The van der Waals surface area contributed by atoms with Crippen LogP contribution in [0.25, 0.3) is 5.57 Å². The molecule has 4 aromatic rings. The number of hydrogen-bond donors (Lipinski definition) is 1. The van der Waals surface area contributed by atoms with Crippen molar-refractivity contribution in [2.24, 2.45) is 24.4 Å². The zero-order valence-corrected chi connectivity index (χ0v) is 30.9. The third-order valence-corrected chi connectivity index (χ3v) is 9.28. The van der Waals surface area contributed by atoms with Gasteiger partial charge < -0.3 is 10.0 Å². The maximum Gasteiger partial charge on any atom is 0.435 e. The summed E-state index contributed by atoms with van der Waals surface area (Å²) < 4.78 is 79.5. The number of hydrogen-bond acceptors (Lipinski definition) is 6. The molecule has 0 fully saturated rings. The van der Waals surface area contributed by atoms with E-state index in [2.05, 4.69) is 58.9 Å². The van der Waals surface area contributed by atoms with E-state index in [1.165, 1.54) is 29.5 Å². The number of benzene rings is 2. The van der Waals surface area contributed by atoms with Crippen LogP contribution in [0.3, 0.4) is 0 Å². The molecule has 0 aliphatic carbocycles. The third kappa shape index (κ3) is 9.97. The van der Waals surface area contributed by atoms with Crippen molar-refractivity contribution in [3.8, 4) is 0 Å². The molecule has 0 amide bonds. The number of nitrogens with zero attached hydrogens (tertiary/aromatic N) is 6. The summed E-state index contributed by atoms with van der Waals surface area (Å²) in [4.78, 5) is 5.52. The number of oxime groups is 2. The average molecular weight is 841 g/mol. The first-order valence-corrected chi connectivity index (χ1v) is 16.1. The molecular formula is C32H31Br2ClF6N6O2. The van der Waals surface area contributed by atoms with Crippen LogP contribution in [0.2, 0.25) is 0 Å². The molecule has 17 heteroatoms. The van der Waals surface area contributed by atoms with E-state index in [1.807, 2.05) is 44.2 Å². The second-order valence-electron chi connectivity index (χ2n) is 11.2. The minimum atomic E-state index is -4.49. The Bertz CT molecular complexity index is 1900. The SMILES string of the molecule is C=C(c1cc(C)nn1C)C(F)(F)F.Cc1cc(/C(Cl)=N/O)ccc1Br.Cc1cc(C2=NOC(C)(c3cc(C(F)(F)F)nn3C)C2)ccc1Br. The molecule has 0 saturated heterocycles. The fourth-order valence-electron chi connectivity index (χ4n) is 4.63. The second kappa shape index (κ2) is 15.5. The Morgan fingerprint density at radius 1 is 0.939 bits per heavy atom. The van der Waals surface area contributed by atoms with Crippen molar-refractivity contribution < 1.29 is 36.4 Å². The van der Waals surface area contributed by atoms with Crippen LogP contribution < -0.4 is 0 Å². The van der Waals surface area contributed by atoms with Crippen molar-refractivity contribution in [2.45, 2.75) is 52.1 Å². The molecule has 1 aliphatic rings. The van der Waals surface area contributed by atoms with E-state index in [1.54, 1.807) is 19.9 Å². The lowest BCUT2D eigenvalue weighted by Gasteiger charge is -2.21. The van der Waals surface area contributed by atoms with Gasteiger partial charge in [-0.1, -0.05) is 72.5 Å². The van der Waals surface area contributed by atoms with Crippen molar-refractivity contribution in [1.29, 1.82) is 0 Å². The largest absolute Gasteiger partial charge is 0.435 e. The lowest BCUT2D eigenvalue weighted by molar-refractivity contribution is -0.141. The van der Waals surface area contributed by atoms with E-state index in [4.69, 9.17) is 21.6 Å². The van der Waals surface area contributed by atoms with E-state index >= 15 is 0 Å². The van der Waals surface area contributed by atoms with Crippen LogP contribution in [0.1, 0.15) is 58.4 Å². The monoisotopic (exact) mass is 838 g/mol. The number of aryl methyl sites for hydroxylation is 5. The second-order valence-corrected chi connectivity index (χ2v) is 13.2. The highest BCUT2D eigenvalue weighted by Gasteiger charge is 2.43. The molecule has 2 aromatic heterocycles. The lowest BCUT2D eigenvalue weighted by atomic mass is 9.92. The lowest BCUT2D eigenvalue weighted by Crippen LogP contribution is -2.25. The van der Waals surface area contributed by atoms with E-state index < -0.39 is 29.2 Å². The number of aromatic nitrogens is 4. The summed E-state index contributed by atoms with van der Waals surface area (Å²) in [5.74, 6) is 0. The molecule has 1 atom stereocenters. The highest BCUT2D eigenvalue weighted by Crippen LogP contribution is 2.39. The van der Waals surface area contributed by atoms with Gasteiger partial charge in [-0.3, -0.25) is 9.36 Å². The van der Waals surface area contributed by atoms with Crippen molar-refractivity contribution >= 4 is 59.9 Å². The van der Waals surface area contributed by atoms with Gasteiger partial charge in [-0.2, -0.15) is 36.5 Å². The maximum absolute atomic E-state index is 12.9. The van der Waals surface area contributed by atoms with Crippen molar-refractivity contribution in [3.63, 3.8) is 0 Å². The molecule has 0 saturated carbocycles. The molecular weight excluding hydrogens is 810 g/mol. The van der Waals surface area contributed by atoms with Gasteiger partial charge in [0.05, 0.1) is 28.4 Å². The van der Waals surface area contributed by atoms with Gasteiger partial charge in [0.15, 0.2) is 16.5 Å². The Morgan fingerprint density at radius 2 is 1.53 bits per heavy atom. The van der Waals surface area contributed by atoms with E-state index in [9.17, 15) is 26.3 Å². The Kier molecular flexibility index (Phi) is 12.6. The fraction of sp³-hybridized carbons (Fsp3) is 0.312. The van der Waals surface area contributed by atoms with Gasteiger partial charge in [-0.25, -0.2) is 0 Å². The minimum Gasteiger partial charge on any atom is -0.410 e. The molecule has 5 rings (SSSR count). The van der Waals surface area contributed by atoms with E-state index in [0.717, 1.165) is 31.7 Å². The zero-order valence-electron chi connectivity index (χ0n) is 27.0. The normalized spacial score (nSPS) is 16.2. The fourth-order valence-corrected chi connectivity index (χ4v) is 5.24. The topological polar surface area (TPSA) is 89.8 Å². The van der Waals surface area contributed by atoms with Crippen LogP contribution >= 0.6 is 43.5 Å². The zero-order chi connectivity index (χ0) is 37.1. The van der Waals surface area contributed by atoms with Crippen molar-refractivity contribution in [1.82, 2.24) is 19.6 Å². The summed E-state index contributed by atoms with van der Waals surface area (Å²) in [6.07, 6.45) is -8.51. The summed E-state index contributed by atoms with van der Waals surface area (Å²) in [5, 5.41) is 22.8. The highest BCUT2D eigenvalue weighted by atomic mass is 79.9. The van der Waals surface area contributed by atoms with Crippen molar-refractivity contribution in [3.05, 3.63) is 109 Å². The van der Waals surface area contributed by atoms with Gasteiger partial charge in [-0.15, -0.1) is 0 Å². The standard InChI is InChI=1S/C16H15BrF3N3O.C8H7BrClNO.C8H9F3N2/c1-9-6-10(4-5-11(9)17)12-8-15(2,24-22-12)14-7-13(16(18,19)20)21-23(14)3;1-5-4-6(8(10)11-12)2-3-7(5)9;1-5-4-7(13(3)12-5)6(2)8(9,10)11/h4-7H,8H2,1-3H3;2-4,12H,1H3;4H,2H2,1,3H3/b;11-8-;. The molecule has 8 nitrogen and oxygen atoms in total. The Labute approximate surface area is 300 Å². The quantitative estimate of drug-likeness (QED) is 0.0960. The molecule has 1 N–H and O–H groups in total. The van der Waals surface area contributed by atoms with Gasteiger partial charge in [0.2, 0.25) is 0 Å². The number of alkyl halides is 6. The first kappa shape index (κ1) is 39.8. The highest BCUT2D eigenvalue weighted by molar-refractivity contribution is 9.10. The van der Waals surface area contributed by atoms with Crippen LogP contribution in [0.5, 0.6) is 0 Å². The number of allylic oxidation sites excluding steroid dienone is 1. The Balaban J connectivity index is 0.000000220. The summed E-state index contributed by atoms with van der Waals surface area (Å²) in [6, 6.07) is 13.6. The average Bonchev–Trinajstić information content (AvgIpc) is 3.71. The van der Waals surface area contributed by atoms with Crippen LogP contribution in [0, 0.1) is 20.8 Å².